The van der Waals surface area contributed by atoms with Gasteiger partial charge in [0.2, 0.25) is 6.79 Å². The first-order valence-electron chi connectivity index (χ1n) is 4.41. The predicted molar refractivity (Wildman–Crippen MR) is 55.5 cm³/mol. The second-order valence-corrected chi connectivity index (χ2v) is 4.63. The zero-order chi connectivity index (χ0) is 11.2. The lowest BCUT2D eigenvalue weighted by Gasteiger charge is -2.20. The number of aliphatic hydroxyl groups is 1. The Balaban J connectivity index is 2.67. The van der Waals surface area contributed by atoms with Crippen LogP contribution in [-0.4, -0.2) is 11.9 Å². The molecule has 1 aliphatic heterocycles. The fourth-order valence-electron chi connectivity index (χ4n) is 1.53. The van der Waals surface area contributed by atoms with Crippen LogP contribution in [0.2, 0.25) is 0 Å². The van der Waals surface area contributed by atoms with E-state index < -0.39 is 11.4 Å². The summed E-state index contributed by atoms with van der Waals surface area (Å²) in [7, 11) is 0. The first kappa shape index (κ1) is 10.7. The highest BCUT2D eigenvalue weighted by Gasteiger charge is 2.30. The second kappa shape index (κ2) is 3.35. The Morgan fingerprint density at radius 1 is 1.47 bits per heavy atom. The van der Waals surface area contributed by atoms with Crippen molar-refractivity contribution in [3.8, 4) is 11.5 Å². The van der Waals surface area contributed by atoms with Crippen LogP contribution in [0.1, 0.15) is 19.4 Å². The van der Waals surface area contributed by atoms with Crippen LogP contribution >= 0.6 is 15.9 Å². The maximum atomic E-state index is 13.7. The van der Waals surface area contributed by atoms with Gasteiger partial charge in [-0.2, -0.15) is 0 Å². The Bertz CT molecular complexity index is 412. The van der Waals surface area contributed by atoms with Gasteiger partial charge in [-0.05, 0) is 29.8 Å². The number of halogens is 2. The molecule has 0 spiro atoms. The van der Waals surface area contributed by atoms with Gasteiger partial charge < -0.3 is 14.6 Å². The molecule has 3 nitrogen and oxygen atoms in total. The van der Waals surface area contributed by atoms with Crippen LogP contribution in [0, 0.1) is 5.82 Å². The van der Waals surface area contributed by atoms with E-state index in [9.17, 15) is 9.50 Å². The summed E-state index contributed by atoms with van der Waals surface area (Å²) in [6.45, 7) is 3.10. The Kier molecular flexibility index (Phi) is 2.39. The van der Waals surface area contributed by atoms with Crippen molar-refractivity contribution in [3.05, 3.63) is 21.9 Å². The van der Waals surface area contributed by atoms with Crippen LogP contribution in [0.4, 0.5) is 4.39 Å². The minimum Gasteiger partial charge on any atom is -0.453 e. The summed E-state index contributed by atoms with van der Waals surface area (Å²) in [5.41, 5.74) is -1.10. The molecule has 0 bridgehead atoms. The molecule has 0 aromatic heterocycles. The van der Waals surface area contributed by atoms with Crippen molar-refractivity contribution < 1.29 is 19.0 Å². The second-order valence-electron chi connectivity index (χ2n) is 3.84. The maximum absolute atomic E-state index is 13.7. The number of ether oxygens (including phenoxy) is 2. The molecule has 1 aromatic carbocycles. The van der Waals surface area contributed by atoms with Gasteiger partial charge >= 0.3 is 0 Å². The van der Waals surface area contributed by atoms with E-state index >= 15 is 0 Å². The third-order valence-corrected chi connectivity index (χ3v) is 2.93. The van der Waals surface area contributed by atoms with Crippen molar-refractivity contribution in [2.75, 3.05) is 6.79 Å². The average Bonchev–Trinajstić information content (AvgIpc) is 2.48. The molecular formula is C10H10BrFO3. The van der Waals surface area contributed by atoms with E-state index in [0.717, 1.165) is 0 Å². The molecule has 0 unspecified atom stereocenters. The number of hydrogen-bond donors (Lipinski definition) is 1. The Morgan fingerprint density at radius 3 is 2.73 bits per heavy atom. The fourth-order valence-corrected chi connectivity index (χ4v) is 2.52. The van der Waals surface area contributed by atoms with Gasteiger partial charge in [0.15, 0.2) is 11.5 Å². The van der Waals surface area contributed by atoms with Crippen LogP contribution in [0.5, 0.6) is 11.5 Å². The molecule has 0 amide bonds. The standard InChI is InChI=1S/C10H10BrFO3/c1-10(2,13)7-5(12)3-6-9(8(7)11)15-4-14-6/h3,13H,4H2,1-2H3. The SMILES string of the molecule is CC(C)(O)c1c(F)cc2c(c1Br)OCO2. The van der Waals surface area contributed by atoms with Gasteiger partial charge in [-0.15, -0.1) is 0 Å². The van der Waals surface area contributed by atoms with Crippen molar-refractivity contribution >= 4 is 15.9 Å². The highest BCUT2D eigenvalue weighted by molar-refractivity contribution is 9.10. The van der Waals surface area contributed by atoms with Crippen LogP contribution in [0.3, 0.4) is 0 Å². The highest BCUT2D eigenvalue weighted by atomic mass is 79.9. The normalized spacial score (nSPS) is 14.5. The molecule has 1 N–H and O–H groups in total. The van der Waals surface area contributed by atoms with Crippen LogP contribution < -0.4 is 9.47 Å². The molecule has 0 saturated heterocycles. The van der Waals surface area contributed by atoms with E-state index in [2.05, 4.69) is 15.9 Å². The maximum Gasteiger partial charge on any atom is 0.231 e. The lowest BCUT2D eigenvalue weighted by Crippen LogP contribution is -2.18. The molecule has 0 atom stereocenters. The molecule has 15 heavy (non-hydrogen) atoms. The third kappa shape index (κ3) is 1.70. The van der Waals surface area contributed by atoms with Crippen molar-refractivity contribution in [1.82, 2.24) is 0 Å². The van der Waals surface area contributed by atoms with E-state index in [1.807, 2.05) is 0 Å². The zero-order valence-electron chi connectivity index (χ0n) is 8.30. The first-order valence-corrected chi connectivity index (χ1v) is 5.21. The Morgan fingerprint density at radius 2 is 2.13 bits per heavy atom. The Labute approximate surface area is 94.9 Å². The summed E-state index contributed by atoms with van der Waals surface area (Å²) in [5.74, 6) is 0.277. The van der Waals surface area contributed by atoms with Crippen molar-refractivity contribution in [1.29, 1.82) is 0 Å². The van der Waals surface area contributed by atoms with Gasteiger partial charge in [0.25, 0.3) is 0 Å². The topological polar surface area (TPSA) is 38.7 Å². The Hall–Kier alpha value is -0.810. The van der Waals surface area contributed by atoms with E-state index in [4.69, 9.17) is 9.47 Å². The average molecular weight is 277 g/mol. The number of fused-ring (bicyclic) bond motifs is 1. The van der Waals surface area contributed by atoms with E-state index in [1.165, 1.54) is 19.9 Å². The summed E-state index contributed by atoms with van der Waals surface area (Å²) in [6.07, 6.45) is 0. The van der Waals surface area contributed by atoms with Crippen molar-refractivity contribution in [2.24, 2.45) is 0 Å². The molecule has 1 heterocycles. The first-order chi connectivity index (χ1) is 6.91. The van der Waals surface area contributed by atoms with Crippen molar-refractivity contribution in [2.45, 2.75) is 19.4 Å². The smallest absolute Gasteiger partial charge is 0.231 e. The lowest BCUT2D eigenvalue weighted by molar-refractivity contribution is 0.0734. The summed E-state index contributed by atoms with van der Waals surface area (Å²) in [6, 6.07) is 1.22. The molecule has 1 aromatic rings. The molecule has 82 valence electrons. The van der Waals surface area contributed by atoms with Gasteiger partial charge in [-0.3, -0.25) is 0 Å². The summed E-state index contributed by atoms with van der Waals surface area (Å²) < 4.78 is 24.3. The molecule has 0 saturated carbocycles. The molecule has 0 aliphatic carbocycles. The quantitative estimate of drug-likeness (QED) is 0.857. The molecule has 1 aliphatic rings. The van der Waals surface area contributed by atoms with Crippen LogP contribution in [0.15, 0.2) is 10.5 Å². The van der Waals surface area contributed by atoms with Crippen LogP contribution in [0.25, 0.3) is 0 Å². The predicted octanol–water partition coefficient (Wildman–Crippen LogP) is 2.54. The lowest BCUT2D eigenvalue weighted by atomic mass is 9.97. The van der Waals surface area contributed by atoms with E-state index in [-0.39, 0.29) is 12.4 Å². The third-order valence-electron chi connectivity index (χ3n) is 2.17. The van der Waals surface area contributed by atoms with Gasteiger partial charge in [-0.25, -0.2) is 4.39 Å². The molecular weight excluding hydrogens is 267 g/mol. The largest absolute Gasteiger partial charge is 0.453 e. The zero-order valence-corrected chi connectivity index (χ0v) is 9.89. The van der Waals surface area contributed by atoms with Gasteiger partial charge in [-0.1, -0.05) is 0 Å². The van der Waals surface area contributed by atoms with Crippen LogP contribution in [-0.2, 0) is 5.60 Å². The fraction of sp³-hybridized carbons (Fsp3) is 0.400. The number of hydrogen-bond acceptors (Lipinski definition) is 3. The van der Waals surface area contributed by atoms with Gasteiger partial charge in [0.1, 0.15) is 5.82 Å². The molecule has 0 radical (unpaired) electrons. The summed E-state index contributed by atoms with van der Waals surface area (Å²) in [4.78, 5) is 0. The summed E-state index contributed by atoms with van der Waals surface area (Å²) in [5, 5.41) is 9.82. The minimum atomic E-state index is -1.27. The van der Waals surface area contributed by atoms with Crippen molar-refractivity contribution in [3.63, 3.8) is 0 Å². The number of rotatable bonds is 1. The van der Waals surface area contributed by atoms with E-state index in [1.54, 1.807) is 0 Å². The molecule has 0 fully saturated rings. The summed E-state index contributed by atoms with van der Waals surface area (Å²) >= 11 is 3.21. The number of benzene rings is 1. The minimum absolute atomic E-state index is 0.0721. The van der Waals surface area contributed by atoms with Gasteiger partial charge in [0.05, 0.1) is 10.1 Å². The van der Waals surface area contributed by atoms with E-state index in [0.29, 0.717) is 16.0 Å². The molecule has 5 heteroatoms. The monoisotopic (exact) mass is 276 g/mol. The van der Waals surface area contributed by atoms with Gasteiger partial charge in [0, 0.05) is 11.6 Å². The highest BCUT2D eigenvalue weighted by Crippen LogP contribution is 2.45. The molecule has 2 rings (SSSR count).